The van der Waals surface area contributed by atoms with Crippen LogP contribution in [0.5, 0.6) is 0 Å². The quantitative estimate of drug-likeness (QED) is 0.671. The van der Waals surface area contributed by atoms with Crippen molar-refractivity contribution < 1.29 is 13.2 Å². The smallest absolute Gasteiger partial charge is 0.199 e. The molecule has 0 amide bonds. The van der Waals surface area contributed by atoms with Gasteiger partial charge in [-0.1, -0.05) is 13.8 Å². The minimum Gasteiger partial charge on any atom is -0.269 e. The molecule has 0 unspecified atom stereocenters. The van der Waals surface area contributed by atoms with Gasteiger partial charge in [-0.3, -0.25) is 9.67 Å². The molecule has 18 heavy (non-hydrogen) atoms. The van der Waals surface area contributed by atoms with E-state index in [9.17, 15) is 13.2 Å². The van der Waals surface area contributed by atoms with Crippen LogP contribution < -0.4 is 0 Å². The molecule has 0 saturated carbocycles. The molecule has 1 aromatic heterocycles. The number of nitrogens with one attached hydrogen (secondary N) is 1. The summed E-state index contributed by atoms with van der Waals surface area (Å²) in [5.74, 6) is -2.96. The molecule has 96 valence electrons. The van der Waals surface area contributed by atoms with Gasteiger partial charge in [0.2, 0.25) is 0 Å². The van der Waals surface area contributed by atoms with Crippen LogP contribution in [0.1, 0.15) is 25.6 Å². The number of aromatic amines is 1. The molecule has 0 saturated heterocycles. The second-order valence-corrected chi connectivity index (χ2v) is 4.48. The van der Waals surface area contributed by atoms with E-state index in [0.717, 1.165) is 6.07 Å². The van der Waals surface area contributed by atoms with Crippen molar-refractivity contribution in [3.8, 4) is 5.69 Å². The zero-order chi connectivity index (χ0) is 13.4. The molecule has 0 bridgehead atoms. The zero-order valence-corrected chi connectivity index (χ0v) is 10.5. The Bertz CT molecular complexity index is 645. The highest BCUT2D eigenvalue weighted by Gasteiger charge is 2.18. The lowest BCUT2D eigenvalue weighted by Crippen LogP contribution is -2.07. The van der Waals surface area contributed by atoms with Crippen LogP contribution in [0.25, 0.3) is 5.69 Å². The Labute approximate surface area is 106 Å². The third-order valence-corrected chi connectivity index (χ3v) is 2.70. The zero-order valence-electron chi connectivity index (χ0n) is 9.67. The van der Waals surface area contributed by atoms with Gasteiger partial charge in [0.25, 0.3) is 0 Å². The largest absolute Gasteiger partial charge is 0.269 e. The number of halogens is 3. The highest BCUT2D eigenvalue weighted by atomic mass is 32.1. The van der Waals surface area contributed by atoms with Crippen LogP contribution in [-0.4, -0.2) is 14.8 Å². The van der Waals surface area contributed by atoms with E-state index in [1.807, 2.05) is 13.8 Å². The SMILES string of the molecule is CC(C)c1n[nH]c(=S)n1-c1cc(F)cc(F)c1F. The summed E-state index contributed by atoms with van der Waals surface area (Å²) in [6.45, 7) is 3.63. The average Bonchev–Trinajstić information content (AvgIpc) is 2.65. The monoisotopic (exact) mass is 273 g/mol. The number of rotatable bonds is 2. The van der Waals surface area contributed by atoms with E-state index in [1.54, 1.807) is 0 Å². The molecule has 0 radical (unpaired) electrons. The molecule has 3 nitrogen and oxygen atoms in total. The fourth-order valence-electron chi connectivity index (χ4n) is 1.63. The van der Waals surface area contributed by atoms with Crippen LogP contribution >= 0.6 is 12.2 Å². The first kappa shape index (κ1) is 12.8. The van der Waals surface area contributed by atoms with Gasteiger partial charge >= 0.3 is 0 Å². The highest BCUT2D eigenvalue weighted by Crippen LogP contribution is 2.22. The Morgan fingerprint density at radius 2 is 1.94 bits per heavy atom. The van der Waals surface area contributed by atoms with Gasteiger partial charge in [-0.15, -0.1) is 0 Å². The van der Waals surface area contributed by atoms with Crippen LogP contribution in [0.3, 0.4) is 0 Å². The van der Waals surface area contributed by atoms with Gasteiger partial charge in [0.15, 0.2) is 16.4 Å². The Kier molecular flexibility index (Phi) is 3.25. The van der Waals surface area contributed by atoms with Crippen LogP contribution in [0, 0.1) is 22.2 Å². The fourth-order valence-corrected chi connectivity index (χ4v) is 1.87. The van der Waals surface area contributed by atoms with Gasteiger partial charge in [0.1, 0.15) is 11.6 Å². The van der Waals surface area contributed by atoms with Crippen molar-refractivity contribution in [1.82, 2.24) is 14.8 Å². The van der Waals surface area contributed by atoms with Gasteiger partial charge in [-0.25, -0.2) is 13.2 Å². The van der Waals surface area contributed by atoms with E-state index in [4.69, 9.17) is 12.2 Å². The normalized spacial score (nSPS) is 11.2. The minimum absolute atomic E-state index is 0.0799. The predicted octanol–water partition coefficient (Wildman–Crippen LogP) is 3.47. The molecule has 0 atom stereocenters. The van der Waals surface area contributed by atoms with E-state index in [-0.39, 0.29) is 16.4 Å². The molecule has 2 rings (SSSR count). The molecular formula is C11H10F3N3S. The maximum Gasteiger partial charge on any atom is 0.199 e. The molecular weight excluding hydrogens is 263 g/mol. The third kappa shape index (κ3) is 2.05. The Balaban J connectivity index is 2.77. The summed E-state index contributed by atoms with van der Waals surface area (Å²) in [6.07, 6.45) is 0. The van der Waals surface area contributed by atoms with Crippen LogP contribution in [0.2, 0.25) is 0 Å². The number of H-pyrrole nitrogens is 1. The van der Waals surface area contributed by atoms with Crippen molar-refractivity contribution in [1.29, 1.82) is 0 Å². The van der Waals surface area contributed by atoms with Gasteiger partial charge in [0, 0.05) is 18.1 Å². The predicted molar refractivity (Wildman–Crippen MR) is 62.7 cm³/mol. The molecule has 7 heteroatoms. The number of aromatic nitrogens is 3. The summed E-state index contributed by atoms with van der Waals surface area (Å²) in [5.41, 5.74) is -0.282. The van der Waals surface area contributed by atoms with Crippen molar-refractivity contribution in [2.24, 2.45) is 0 Å². The number of benzene rings is 1. The van der Waals surface area contributed by atoms with E-state index in [2.05, 4.69) is 10.2 Å². The molecule has 0 aliphatic rings. The lowest BCUT2D eigenvalue weighted by atomic mass is 10.2. The van der Waals surface area contributed by atoms with Crippen molar-refractivity contribution in [2.45, 2.75) is 19.8 Å². The van der Waals surface area contributed by atoms with Gasteiger partial charge in [-0.2, -0.15) is 5.10 Å². The molecule has 0 aliphatic carbocycles. The molecule has 1 N–H and O–H groups in total. The number of nitrogens with zero attached hydrogens (tertiary/aromatic N) is 2. The van der Waals surface area contributed by atoms with Gasteiger partial charge < -0.3 is 0 Å². The van der Waals surface area contributed by atoms with Gasteiger partial charge in [-0.05, 0) is 12.2 Å². The minimum atomic E-state index is -1.26. The summed E-state index contributed by atoms with van der Waals surface area (Å²) in [7, 11) is 0. The average molecular weight is 273 g/mol. The van der Waals surface area contributed by atoms with E-state index < -0.39 is 17.5 Å². The molecule has 0 fully saturated rings. The Morgan fingerprint density at radius 3 is 2.56 bits per heavy atom. The lowest BCUT2D eigenvalue weighted by molar-refractivity contribution is 0.488. The molecule has 0 spiro atoms. The van der Waals surface area contributed by atoms with E-state index in [1.165, 1.54) is 4.57 Å². The standard InChI is InChI=1S/C11H10F3N3S/c1-5(2)10-15-16-11(18)17(10)8-4-6(12)3-7(13)9(8)14/h3-5H,1-2H3,(H,16,18). The summed E-state index contributed by atoms with van der Waals surface area (Å²) >= 11 is 4.95. The number of hydrogen-bond donors (Lipinski definition) is 1. The first-order valence-corrected chi connectivity index (χ1v) is 5.65. The molecule has 1 aromatic carbocycles. The number of hydrogen-bond acceptors (Lipinski definition) is 2. The fraction of sp³-hybridized carbons (Fsp3) is 0.273. The summed E-state index contributed by atoms with van der Waals surface area (Å²) < 4.78 is 41.4. The van der Waals surface area contributed by atoms with Crippen molar-refractivity contribution in [3.63, 3.8) is 0 Å². The topological polar surface area (TPSA) is 33.6 Å². The van der Waals surface area contributed by atoms with Crippen LogP contribution in [0.4, 0.5) is 13.2 Å². The summed E-state index contributed by atoms with van der Waals surface area (Å²) in [5, 5.41) is 6.41. The molecule has 0 aliphatic heterocycles. The maximum absolute atomic E-state index is 13.7. The second-order valence-electron chi connectivity index (χ2n) is 4.10. The van der Waals surface area contributed by atoms with Crippen LogP contribution in [0.15, 0.2) is 12.1 Å². The van der Waals surface area contributed by atoms with E-state index in [0.29, 0.717) is 11.9 Å². The lowest BCUT2D eigenvalue weighted by Gasteiger charge is -2.10. The summed E-state index contributed by atoms with van der Waals surface area (Å²) in [4.78, 5) is 0. The maximum atomic E-state index is 13.7. The molecule has 2 aromatic rings. The van der Waals surface area contributed by atoms with E-state index >= 15 is 0 Å². The summed E-state index contributed by atoms with van der Waals surface area (Å²) in [6, 6.07) is 1.37. The third-order valence-electron chi connectivity index (χ3n) is 2.43. The van der Waals surface area contributed by atoms with Gasteiger partial charge in [0.05, 0.1) is 5.69 Å². The van der Waals surface area contributed by atoms with Crippen molar-refractivity contribution >= 4 is 12.2 Å². The Morgan fingerprint density at radius 1 is 1.28 bits per heavy atom. The highest BCUT2D eigenvalue weighted by molar-refractivity contribution is 7.71. The first-order valence-electron chi connectivity index (χ1n) is 5.24. The Hall–Kier alpha value is -1.63. The first-order chi connectivity index (χ1) is 8.41. The van der Waals surface area contributed by atoms with Crippen molar-refractivity contribution in [2.75, 3.05) is 0 Å². The van der Waals surface area contributed by atoms with Crippen molar-refractivity contribution in [3.05, 3.63) is 40.2 Å². The second kappa shape index (κ2) is 4.56. The van der Waals surface area contributed by atoms with Crippen LogP contribution in [-0.2, 0) is 0 Å². The molecule has 1 heterocycles.